The van der Waals surface area contributed by atoms with Crippen LogP contribution in [0, 0.1) is 0 Å². The van der Waals surface area contributed by atoms with Gasteiger partial charge in [-0.05, 0) is 72.8 Å². The highest BCUT2D eigenvalue weighted by Gasteiger charge is 2.35. The molecular weight excluding hydrogens is 717 g/mol. The van der Waals surface area contributed by atoms with Gasteiger partial charge in [0, 0.05) is 44.8 Å². The maximum Gasteiger partial charge on any atom is 0.323 e. The molecular formula is C35H26N4O11S2. The first-order valence-electron chi connectivity index (χ1n) is 15.1. The Balaban J connectivity index is 1.07. The minimum atomic E-state index is -4.60. The average Bonchev–Trinajstić information content (AvgIpc) is 3.10. The van der Waals surface area contributed by atoms with Gasteiger partial charge >= 0.3 is 6.03 Å². The summed E-state index contributed by atoms with van der Waals surface area (Å²) in [6, 6.07) is 10.8. The summed E-state index contributed by atoms with van der Waals surface area (Å²) in [6.07, 6.45) is 13.1. The lowest BCUT2D eigenvalue weighted by Crippen LogP contribution is -2.28. The van der Waals surface area contributed by atoms with E-state index in [0.29, 0.717) is 11.4 Å². The third-order valence-electron chi connectivity index (χ3n) is 8.01. The molecule has 0 saturated carbocycles. The fraction of sp³-hybridized carbons (Fsp3) is 0.0571. The largest absolute Gasteiger partial charge is 0.508 e. The smallest absolute Gasteiger partial charge is 0.323 e. The van der Waals surface area contributed by atoms with Gasteiger partial charge in [0.2, 0.25) is 0 Å². The second-order valence-electron chi connectivity index (χ2n) is 11.4. The van der Waals surface area contributed by atoms with E-state index in [2.05, 4.69) is 20.6 Å². The van der Waals surface area contributed by atoms with Crippen molar-refractivity contribution in [3.05, 3.63) is 154 Å². The van der Waals surface area contributed by atoms with E-state index in [4.69, 9.17) is 0 Å². The van der Waals surface area contributed by atoms with Crippen LogP contribution in [0.25, 0.3) is 0 Å². The average molecular weight is 743 g/mol. The van der Waals surface area contributed by atoms with Gasteiger partial charge in [0.25, 0.3) is 32.1 Å². The number of allylic oxidation sites excluding steroid dienone is 10. The SMILES string of the molecule is O=C(Nc1ccc(C(=O)N=C2C=CC(O)=C3C2=CC=CC3S(=O)(=O)O)cc1)Nc1ccc(C(=O)N=C2C=CC(O)=C3C2=CC=CC3S(=O)(=O)O)cc1. The first kappa shape index (κ1) is 35.6. The molecule has 2 aromatic rings. The number of rotatable bonds is 6. The molecule has 4 amide bonds. The van der Waals surface area contributed by atoms with Crippen molar-refractivity contribution in [2.24, 2.45) is 9.98 Å². The molecule has 52 heavy (non-hydrogen) atoms. The highest BCUT2D eigenvalue weighted by molar-refractivity contribution is 7.87. The predicted molar refractivity (Wildman–Crippen MR) is 192 cm³/mol. The number of carbonyl (C=O) groups excluding carboxylic acids is 3. The Kier molecular flexibility index (Phi) is 9.44. The predicted octanol–water partition coefficient (Wildman–Crippen LogP) is 4.76. The molecule has 2 atom stereocenters. The fourth-order valence-corrected chi connectivity index (χ4v) is 7.27. The third-order valence-corrected chi connectivity index (χ3v) is 10.1. The Hall–Kier alpha value is -6.27. The maximum atomic E-state index is 12.9. The zero-order valence-corrected chi connectivity index (χ0v) is 28.0. The van der Waals surface area contributed by atoms with E-state index < -0.39 is 48.6 Å². The Morgan fingerprint density at radius 1 is 0.577 bits per heavy atom. The number of hydrogen-bond acceptors (Lipinski definition) is 9. The summed E-state index contributed by atoms with van der Waals surface area (Å²) in [5, 5.41) is 22.7. The second-order valence-corrected chi connectivity index (χ2v) is 14.5. The molecule has 4 aliphatic carbocycles. The summed E-state index contributed by atoms with van der Waals surface area (Å²) >= 11 is 0. The number of hydrogen-bond donors (Lipinski definition) is 6. The van der Waals surface area contributed by atoms with E-state index >= 15 is 0 Å². The maximum absolute atomic E-state index is 12.9. The van der Waals surface area contributed by atoms with Crippen LogP contribution >= 0.6 is 0 Å². The summed E-state index contributed by atoms with van der Waals surface area (Å²) in [4.78, 5) is 46.6. The molecule has 2 unspecified atom stereocenters. The van der Waals surface area contributed by atoms with Crippen LogP contribution < -0.4 is 10.6 Å². The van der Waals surface area contributed by atoms with Gasteiger partial charge in [0.05, 0.1) is 11.4 Å². The number of carbonyl (C=O) groups is 3. The van der Waals surface area contributed by atoms with Gasteiger partial charge in [-0.25, -0.2) is 14.8 Å². The molecule has 0 heterocycles. The summed E-state index contributed by atoms with van der Waals surface area (Å²) in [6.45, 7) is 0. The van der Waals surface area contributed by atoms with Gasteiger partial charge in [-0.1, -0.05) is 36.5 Å². The number of urea groups is 1. The van der Waals surface area contributed by atoms with Gasteiger partial charge < -0.3 is 20.8 Å². The summed E-state index contributed by atoms with van der Waals surface area (Å²) in [5.41, 5.74) is 1.14. The number of nitrogens with one attached hydrogen (secondary N) is 2. The van der Waals surface area contributed by atoms with Crippen molar-refractivity contribution in [1.29, 1.82) is 0 Å². The summed E-state index contributed by atoms with van der Waals surface area (Å²) in [5.74, 6) is -2.17. The first-order valence-corrected chi connectivity index (χ1v) is 18.1. The number of aliphatic imine (C=N–C) groups is 2. The summed E-state index contributed by atoms with van der Waals surface area (Å²) < 4.78 is 66.5. The molecule has 0 fully saturated rings. The molecule has 264 valence electrons. The van der Waals surface area contributed by atoms with Crippen molar-refractivity contribution in [3.63, 3.8) is 0 Å². The van der Waals surface area contributed by atoms with Crippen LogP contribution in [-0.2, 0) is 20.2 Å². The number of nitrogens with zero attached hydrogens (tertiary/aromatic N) is 2. The molecule has 0 aliphatic heterocycles. The zero-order chi connectivity index (χ0) is 37.4. The Morgan fingerprint density at radius 2 is 0.942 bits per heavy atom. The summed E-state index contributed by atoms with van der Waals surface area (Å²) in [7, 11) is -9.20. The number of benzene rings is 2. The molecule has 15 nitrogen and oxygen atoms in total. The standard InChI is InChI=1S/C35H26N4O11S2/c40-27-17-15-25(23-3-1-5-29(31(23)27)51(45,46)47)38-33(42)19-7-11-21(12-8-19)36-35(44)37-22-13-9-20(10-14-22)34(43)39-26-16-18-28(41)32-24(26)4-2-6-30(32)52(48,49)50/h1-18,29-30,40-41H,(H2,36,37,44)(H,45,46,47)(H,48,49,50). The van der Waals surface area contributed by atoms with Crippen molar-refractivity contribution in [1.82, 2.24) is 0 Å². The Labute approximate surface area is 296 Å². The van der Waals surface area contributed by atoms with Crippen molar-refractivity contribution >= 4 is 60.9 Å². The second kappa shape index (κ2) is 13.8. The minimum Gasteiger partial charge on any atom is -0.508 e. The molecule has 0 aromatic heterocycles. The number of amides is 4. The third kappa shape index (κ3) is 7.42. The zero-order valence-electron chi connectivity index (χ0n) is 26.4. The molecule has 0 bridgehead atoms. The quantitative estimate of drug-likeness (QED) is 0.220. The molecule has 0 radical (unpaired) electrons. The van der Waals surface area contributed by atoms with Crippen molar-refractivity contribution < 1.29 is 50.5 Å². The molecule has 0 saturated heterocycles. The van der Waals surface area contributed by atoms with E-state index in [0.717, 1.165) is 0 Å². The Morgan fingerprint density at radius 3 is 1.29 bits per heavy atom. The van der Waals surface area contributed by atoms with Gasteiger partial charge in [-0.2, -0.15) is 16.8 Å². The van der Waals surface area contributed by atoms with Crippen LogP contribution in [-0.4, -0.2) is 75.9 Å². The lowest BCUT2D eigenvalue weighted by Gasteiger charge is -2.23. The lowest BCUT2D eigenvalue weighted by molar-refractivity contribution is 0.0994. The monoisotopic (exact) mass is 742 g/mol. The lowest BCUT2D eigenvalue weighted by atomic mass is 9.89. The molecule has 6 rings (SSSR count). The van der Waals surface area contributed by atoms with Crippen LogP contribution in [0.3, 0.4) is 0 Å². The van der Waals surface area contributed by atoms with E-state index in [-0.39, 0.29) is 56.4 Å². The highest BCUT2D eigenvalue weighted by atomic mass is 32.2. The molecule has 17 heteroatoms. The van der Waals surface area contributed by atoms with E-state index in [1.807, 2.05) is 0 Å². The Bertz CT molecular complexity index is 2290. The molecule has 6 N–H and O–H groups in total. The molecule has 0 spiro atoms. The van der Waals surface area contributed by atoms with Crippen LogP contribution in [0.5, 0.6) is 0 Å². The van der Waals surface area contributed by atoms with E-state index in [9.17, 15) is 50.5 Å². The topological polar surface area (TPSA) is 249 Å². The van der Waals surface area contributed by atoms with Gasteiger partial charge in [0.1, 0.15) is 22.0 Å². The van der Waals surface area contributed by atoms with Crippen LogP contribution in [0.4, 0.5) is 16.2 Å². The number of aliphatic hydroxyl groups is 2. The van der Waals surface area contributed by atoms with Crippen LogP contribution in [0.1, 0.15) is 20.7 Å². The molecule has 4 aliphatic rings. The normalized spacial score (nSPS) is 21.0. The van der Waals surface area contributed by atoms with Gasteiger partial charge in [-0.15, -0.1) is 0 Å². The fourth-order valence-electron chi connectivity index (χ4n) is 5.60. The van der Waals surface area contributed by atoms with Crippen LogP contribution in [0.2, 0.25) is 0 Å². The number of fused-ring (bicyclic) bond motifs is 2. The highest BCUT2D eigenvalue weighted by Crippen LogP contribution is 2.33. The van der Waals surface area contributed by atoms with Crippen molar-refractivity contribution in [2.45, 2.75) is 10.5 Å². The molecule has 2 aromatic carbocycles. The van der Waals surface area contributed by atoms with E-state index in [1.165, 1.54) is 109 Å². The first-order chi connectivity index (χ1) is 24.6. The van der Waals surface area contributed by atoms with E-state index in [1.54, 1.807) is 0 Å². The minimum absolute atomic E-state index is 0.0720. The number of aliphatic hydroxyl groups excluding tert-OH is 2. The van der Waals surface area contributed by atoms with Crippen LogP contribution in [0.15, 0.2) is 153 Å². The van der Waals surface area contributed by atoms with Crippen molar-refractivity contribution in [2.75, 3.05) is 10.6 Å². The van der Waals surface area contributed by atoms with Gasteiger partial charge in [0.15, 0.2) is 0 Å². The van der Waals surface area contributed by atoms with Gasteiger partial charge in [-0.3, -0.25) is 18.7 Å². The number of anilines is 2. The van der Waals surface area contributed by atoms with Crippen molar-refractivity contribution in [3.8, 4) is 0 Å².